The second-order valence-electron chi connectivity index (χ2n) is 5.81. The van der Waals surface area contributed by atoms with Crippen LogP contribution in [0.4, 0.5) is 0 Å². The molecule has 0 fully saturated rings. The van der Waals surface area contributed by atoms with Gasteiger partial charge in [-0.3, -0.25) is 0 Å². The Morgan fingerprint density at radius 1 is 1.14 bits per heavy atom. The Bertz CT molecular complexity index is 417. The largest absolute Gasteiger partial charge is 0.490 e. The Morgan fingerprint density at radius 3 is 2.32 bits per heavy atom. The molecule has 0 spiro atoms. The molecule has 0 aromatic heterocycles. The first-order chi connectivity index (χ1) is 10.6. The zero-order chi connectivity index (χ0) is 16.4. The van der Waals surface area contributed by atoms with Crippen LogP contribution in [0.3, 0.4) is 0 Å². The van der Waals surface area contributed by atoms with Crippen molar-refractivity contribution in [2.45, 2.75) is 58.2 Å². The van der Waals surface area contributed by atoms with Crippen LogP contribution in [-0.2, 0) is 4.74 Å². The highest BCUT2D eigenvalue weighted by molar-refractivity contribution is 5.33. The molecular formula is C18H31NO3. The van der Waals surface area contributed by atoms with E-state index in [9.17, 15) is 0 Å². The lowest BCUT2D eigenvalue weighted by molar-refractivity contribution is -0.0572. The third-order valence-corrected chi connectivity index (χ3v) is 3.82. The van der Waals surface area contributed by atoms with Gasteiger partial charge in [-0.15, -0.1) is 0 Å². The lowest BCUT2D eigenvalue weighted by Gasteiger charge is -2.32. The fourth-order valence-electron chi connectivity index (χ4n) is 2.58. The van der Waals surface area contributed by atoms with Gasteiger partial charge >= 0.3 is 0 Å². The Balaban J connectivity index is 2.70. The molecule has 0 radical (unpaired) electrons. The maximum atomic E-state index is 5.99. The standard InChI is InChI=1S/C18H31NO3/c1-5-10-18(20-4,11-6-2)14-21-16-8-7-9-17(12-16)22-15(3)13-19/h7-9,12,15H,5-6,10-11,13-14,19H2,1-4H3/t15-/m1/s1. The van der Waals surface area contributed by atoms with Gasteiger partial charge in [0, 0.05) is 19.7 Å². The minimum atomic E-state index is -0.203. The Labute approximate surface area is 134 Å². The van der Waals surface area contributed by atoms with Gasteiger partial charge < -0.3 is 19.9 Å². The summed E-state index contributed by atoms with van der Waals surface area (Å²) in [5.74, 6) is 1.58. The highest BCUT2D eigenvalue weighted by Crippen LogP contribution is 2.27. The second kappa shape index (κ2) is 9.70. The Hall–Kier alpha value is -1.26. The molecule has 126 valence electrons. The molecule has 0 aliphatic carbocycles. The van der Waals surface area contributed by atoms with Crippen molar-refractivity contribution in [1.82, 2.24) is 0 Å². The number of ether oxygens (including phenoxy) is 3. The summed E-state index contributed by atoms with van der Waals surface area (Å²) < 4.78 is 17.5. The van der Waals surface area contributed by atoms with Crippen LogP contribution in [0.25, 0.3) is 0 Å². The first-order valence-corrected chi connectivity index (χ1v) is 8.24. The summed E-state index contributed by atoms with van der Waals surface area (Å²) in [6.45, 7) is 7.34. The van der Waals surface area contributed by atoms with Gasteiger partial charge in [-0.25, -0.2) is 0 Å². The molecule has 1 aromatic rings. The molecular weight excluding hydrogens is 278 g/mol. The van der Waals surface area contributed by atoms with Crippen LogP contribution in [0.5, 0.6) is 11.5 Å². The monoisotopic (exact) mass is 309 g/mol. The van der Waals surface area contributed by atoms with Crippen molar-refractivity contribution in [3.05, 3.63) is 24.3 Å². The van der Waals surface area contributed by atoms with E-state index in [1.165, 1.54) is 0 Å². The van der Waals surface area contributed by atoms with E-state index < -0.39 is 0 Å². The van der Waals surface area contributed by atoms with Gasteiger partial charge in [0.15, 0.2) is 0 Å². The number of rotatable bonds is 11. The number of benzene rings is 1. The first-order valence-electron chi connectivity index (χ1n) is 8.24. The highest BCUT2D eigenvalue weighted by atomic mass is 16.5. The topological polar surface area (TPSA) is 53.7 Å². The zero-order valence-electron chi connectivity index (χ0n) is 14.4. The number of nitrogens with two attached hydrogens (primary N) is 1. The molecule has 22 heavy (non-hydrogen) atoms. The van der Waals surface area contributed by atoms with Crippen molar-refractivity contribution < 1.29 is 14.2 Å². The molecule has 1 aromatic carbocycles. The highest BCUT2D eigenvalue weighted by Gasteiger charge is 2.29. The van der Waals surface area contributed by atoms with E-state index in [2.05, 4.69) is 13.8 Å². The van der Waals surface area contributed by atoms with Crippen LogP contribution in [0, 0.1) is 0 Å². The van der Waals surface area contributed by atoms with Gasteiger partial charge in [-0.05, 0) is 31.9 Å². The second-order valence-corrected chi connectivity index (χ2v) is 5.81. The van der Waals surface area contributed by atoms with Gasteiger partial charge in [-0.2, -0.15) is 0 Å². The van der Waals surface area contributed by atoms with Crippen LogP contribution >= 0.6 is 0 Å². The van der Waals surface area contributed by atoms with Crippen LogP contribution in [-0.4, -0.2) is 32.0 Å². The van der Waals surface area contributed by atoms with Crippen molar-refractivity contribution in [3.8, 4) is 11.5 Å². The predicted octanol–water partition coefficient (Wildman–Crippen LogP) is 3.78. The van der Waals surface area contributed by atoms with Crippen LogP contribution < -0.4 is 15.2 Å². The van der Waals surface area contributed by atoms with Gasteiger partial charge in [0.25, 0.3) is 0 Å². The van der Waals surface area contributed by atoms with E-state index in [1.807, 2.05) is 31.2 Å². The molecule has 0 unspecified atom stereocenters. The average molecular weight is 309 g/mol. The summed E-state index contributed by atoms with van der Waals surface area (Å²) in [5.41, 5.74) is 5.38. The van der Waals surface area contributed by atoms with Gasteiger partial charge in [0.2, 0.25) is 0 Å². The van der Waals surface area contributed by atoms with E-state index in [0.29, 0.717) is 13.2 Å². The summed E-state index contributed by atoms with van der Waals surface area (Å²) in [7, 11) is 1.77. The van der Waals surface area contributed by atoms with Crippen molar-refractivity contribution in [3.63, 3.8) is 0 Å². The summed E-state index contributed by atoms with van der Waals surface area (Å²) >= 11 is 0. The van der Waals surface area contributed by atoms with Crippen molar-refractivity contribution in [1.29, 1.82) is 0 Å². The molecule has 4 nitrogen and oxygen atoms in total. The van der Waals surface area contributed by atoms with Crippen LogP contribution in [0.15, 0.2) is 24.3 Å². The molecule has 4 heteroatoms. The van der Waals surface area contributed by atoms with E-state index >= 15 is 0 Å². The number of hydrogen-bond acceptors (Lipinski definition) is 4. The minimum absolute atomic E-state index is 0.00602. The maximum Gasteiger partial charge on any atom is 0.123 e. The zero-order valence-corrected chi connectivity index (χ0v) is 14.4. The predicted molar refractivity (Wildman–Crippen MR) is 90.6 cm³/mol. The fraction of sp³-hybridized carbons (Fsp3) is 0.667. The number of methoxy groups -OCH3 is 1. The normalized spacial score (nSPS) is 13.0. The Kier molecular flexibility index (Phi) is 8.28. The lowest BCUT2D eigenvalue weighted by atomic mass is 9.93. The van der Waals surface area contributed by atoms with E-state index in [0.717, 1.165) is 37.2 Å². The van der Waals surface area contributed by atoms with Gasteiger partial charge in [0.1, 0.15) is 29.8 Å². The number of hydrogen-bond donors (Lipinski definition) is 1. The molecule has 2 N–H and O–H groups in total. The summed E-state index contributed by atoms with van der Waals surface area (Å²) in [6, 6.07) is 7.70. The Morgan fingerprint density at radius 2 is 1.77 bits per heavy atom. The summed E-state index contributed by atoms with van der Waals surface area (Å²) in [4.78, 5) is 0. The fourth-order valence-corrected chi connectivity index (χ4v) is 2.58. The third kappa shape index (κ3) is 5.85. The first kappa shape index (κ1) is 18.8. The van der Waals surface area contributed by atoms with Gasteiger partial charge in [-0.1, -0.05) is 32.8 Å². The molecule has 0 saturated carbocycles. The van der Waals surface area contributed by atoms with Crippen molar-refractivity contribution >= 4 is 0 Å². The molecule has 1 rings (SSSR count). The summed E-state index contributed by atoms with van der Waals surface area (Å²) in [6.07, 6.45) is 4.14. The smallest absolute Gasteiger partial charge is 0.123 e. The summed E-state index contributed by atoms with van der Waals surface area (Å²) in [5, 5.41) is 0. The molecule has 0 aliphatic heterocycles. The molecule has 0 saturated heterocycles. The van der Waals surface area contributed by atoms with Gasteiger partial charge in [0.05, 0.1) is 0 Å². The molecule has 0 bridgehead atoms. The van der Waals surface area contributed by atoms with Crippen molar-refractivity contribution in [2.24, 2.45) is 5.73 Å². The lowest BCUT2D eigenvalue weighted by Crippen LogP contribution is -2.38. The SMILES string of the molecule is CCCC(CCC)(COc1cccc(O[C@H](C)CN)c1)OC. The van der Waals surface area contributed by atoms with Crippen LogP contribution in [0.1, 0.15) is 46.5 Å². The molecule has 0 amide bonds. The van der Waals surface area contributed by atoms with E-state index in [1.54, 1.807) is 7.11 Å². The molecule has 1 atom stereocenters. The molecule has 0 heterocycles. The maximum absolute atomic E-state index is 5.99. The van der Waals surface area contributed by atoms with Crippen molar-refractivity contribution in [2.75, 3.05) is 20.3 Å². The third-order valence-electron chi connectivity index (χ3n) is 3.82. The quantitative estimate of drug-likeness (QED) is 0.676. The molecule has 0 aliphatic rings. The van der Waals surface area contributed by atoms with E-state index in [4.69, 9.17) is 19.9 Å². The minimum Gasteiger partial charge on any atom is -0.490 e. The average Bonchev–Trinajstić information content (AvgIpc) is 2.53. The van der Waals surface area contributed by atoms with E-state index in [-0.39, 0.29) is 11.7 Å². The van der Waals surface area contributed by atoms with Crippen LogP contribution in [0.2, 0.25) is 0 Å².